The van der Waals surface area contributed by atoms with Crippen LogP contribution in [0.3, 0.4) is 0 Å². The second-order valence-electron chi connectivity index (χ2n) is 4.12. The van der Waals surface area contributed by atoms with E-state index in [0.29, 0.717) is 0 Å². The summed E-state index contributed by atoms with van der Waals surface area (Å²) in [7, 11) is 0. The highest BCUT2D eigenvalue weighted by atomic mass is 19.3. The van der Waals surface area contributed by atoms with Gasteiger partial charge in [0.05, 0.1) is 4.92 Å². The van der Waals surface area contributed by atoms with Gasteiger partial charge in [-0.25, -0.2) is 8.78 Å². The molecule has 1 aliphatic heterocycles. The van der Waals surface area contributed by atoms with Crippen molar-refractivity contribution in [1.82, 2.24) is 0 Å². The Morgan fingerprint density at radius 2 is 1.71 bits per heavy atom. The van der Waals surface area contributed by atoms with E-state index in [-0.39, 0.29) is 31.6 Å². The maximum atomic E-state index is 12.9. The number of hydrogen-bond donors (Lipinski definition) is 0. The van der Waals surface area contributed by atoms with Crippen LogP contribution < -0.4 is 4.90 Å². The number of piperidine rings is 1. The molecule has 0 radical (unpaired) electrons. The SMILES string of the molecule is O=[N+]([O-])c1ccc(N2CCC(F)(F)CC2)cc1. The maximum absolute atomic E-state index is 12.9. The fraction of sp³-hybridized carbons (Fsp3) is 0.455. The van der Waals surface area contributed by atoms with E-state index >= 15 is 0 Å². The minimum atomic E-state index is -2.57. The third-order valence-electron chi connectivity index (χ3n) is 2.92. The zero-order valence-corrected chi connectivity index (χ0v) is 9.10. The molecule has 0 aliphatic carbocycles. The van der Waals surface area contributed by atoms with Gasteiger partial charge in [-0.1, -0.05) is 0 Å². The van der Waals surface area contributed by atoms with Crippen LogP contribution in [-0.2, 0) is 0 Å². The van der Waals surface area contributed by atoms with Gasteiger partial charge in [-0.05, 0) is 12.1 Å². The molecule has 2 rings (SSSR count). The first-order chi connectivity index (χ1) is 7.98. The van der Waals surface area contributed by atoms with Crippen LogP contribution in [0, 0.1) is 10.1 Å². The average Bonchev–Trinajstić information content (AvgIpc) is 2.29. The number of anilines is 1. The summed E-state index contributed by atoms with van der Waals surface area (Å²) in [6.45, 7) is 0.565. The van der Waals surface area contributed by atoms with E-state index < -0.39 is 10.8 Å². The van der Waals surface area contributed by atoms with Crippen molar-refractivity contribution in [2.24, 2.45) is 0 Å². The lowest BCUT2D eigenvalue weighted by molar-refractivity contribution is -0.384. The van der Waals surface area contributed by atoms with Crippen LogP contribution in [0.25, 0.3) is 0 Å². The molecule has 1 heterocycles. The third-order valence-corrected chi connectivity index (χ3v) is 2.92. The van der Waals surface area contributed by atoms with Crippen molar-refractivity contribution in [2.45, 2.75) is 18.8 Å². The van der Waals surface area contributed by atoms with Crippen LogP contribution in [0.15, 0.2) is 24.3 Å². The molecule has 0 saturated carbocycles. The van der Waals surface area contributed by atoms with E-state index in [9.17, 15) is 18.9 Å². The van der Waals surface area contributed by atoms with Crippen LogP contribution in [0.2, 0.25) is 0 Å². The Bertz CT molecular complexity index is 410. The largest absolute Gasteiger partial charge is 0.371 e. The monoisotopic (exact) mass is 242 g/mol. The number of nitrogens with zero attached hydrogens (tertiary/aromatic N) is 2. The minimum absolute atomic E-state index is 0.0103. The van der Waals surface area contributed by atoms with Crippen LogP contribution in [-0.4, -0.2) is 23.9 Å². The van der Waals surface area contributed by atoms with Crippen LogP contribution in [0.5, 0.6) is 0 Å². The molecule has 1 saturated heterocycles. The smallest absolute Gasteiger partial charge is 0.269 e. The van der Waals surface area contributed by atoms with Crippen molar-refractivity contribution in [2.75, 3.05) is 18.0 Å². The summed E-state index contributed by atoms with van der Waals surface area (Å²) in [4.78, 5) is 11.8. The number of benzene rings is 1. The first-order valence-electron chi connectivity index (χ1n) is 5.35. The van der Waals surface area contributed by atoms with Crippen molar-refractivity contribution in [3.63, 3.8) is 0 Å². The molecule has 0 bridgehead atoms. The molecule has 1 aromatic rings. The van der Waals surface area contributed by atoms with Crippen molar-refractivity contribution < 1.29 is 13.7 Å². The Morgan fingerprint density at radius 1 is 1.18 bits per heavy atom. The average molecular weight is 242 g/mol. The minimum Gasteiger partial charge on any atom is -0.371 e. The number of halogens is 2. The van der Waals surface area contributed by atoms with E-state index in [0.717, 1.165) is 5.69 Å². The van der Waals surface area contributed by atoms with Gasteiger partial charge < -0.3 is 4.90 Å². The first kappa shape index (κ1) is 11.8. The molecule has 0 unspecified atom stereocenters. The van der Waals surface area contributed by atoms with Crippen LogP contribution in [0.1, 0.15) is 12.8 Å². The molecule has 0 aromatic heterocycles. The van der Waals surface area contributed by atoms with Gasteiger partial charge in [0.2, 0.25) is 0 Å². The van der Waals surface area contributed by atoms with Gasteiger partial charge in [0.15, 0.2) is 0 Å². The van der Waals surface area contributed by atoms with Crippen molar-refractivity contribution >= 4 is 11.4 Å². The molecule has 0 amide bonds. The Hall–Kier alpha value is -1.72. The molecule has 0 spiro atoms. The lowest BCUT2D eigenvalue weighted by Gasteiger charge is -2.33. The molecule has 6 heteroatoms. The number of nitro benzene ring substituents is 1. The van der Waals surface area contributed by atoms with Crippen molar-refractivity contribution in [1.29, 1.82) is 0 Å². The van der Waals surface area contributed by atoms with Crippen LogP contribution >= 0.6 is 0 Å². The lowest BCUT2D eigenvalue weighted by Crippen LogP contribution is -2.39. The normalized spacial score (nSPS) is 19.1. The van der Waals surface area contributed by atoms with Gasteiger partial charge in [0.25, 0.3) is 11.6 Å². The Morgan fingerprint density at radius 3 is 2.18 bits per heavy atom. The molecular formula is C11H12F2N2O2. The highest BCUT2D eigenvalue weighted by molar-refractivity contribution is 5.51. The standard InChI is InChI=1S/C11H12F2N2O2/c12-11(13)5-7-14(8-6-11)9-1-3-10(4-2-9)15(16)17/h1-4H,5-8H2. The number of nitro groups is 1. The Kier molecular flexibility index (Phi) is 2.95. The lowest BCUT2D eigenvalue weighted by atomic mass is 10.1. The number of rotatable bonds is 2. The quantitative estimate of drug-likeness (QED) is 0.591. The molecule has 0 N–H and O–H groups in total. The van der Waals surface area contributed by atoms with E-state index in [1.807, 2.05) is 4.90 Å². The van der Waals surface area contributed by atoms with E-state index in [2.05, 4.69) is 0 Å². The Balaban J connectivity index is 2.06. The van der Waals surface area contributed by atoms with E-state index in [4.69, 9.17) is 0 Å². The zero-order chi connectivity index (χ0) is 12.5. The molecule has 1 aromatic carbocycles. The van der Waals surface area contributed by atoms with Gasteiger partial charge in [-0.15, -0.1) is 0 Å². The fourth-order valence-corrected chi connectivity index (χ4v) is 1.88. The fourth-order valence-electron chi connectivity index (χ4n) is 1.88. The molecule has 17 heavy (non-hydrogen) atoms. The van der Waals surface area contributed by atoms with Gasteiger partial charge in [0.1, 0.15) is 0 Å². The molecule has 4 nitrogen and oxygen atoms in total. The molecule has 0 atom stereocenters. The molecule has 1 aliphatic rings. The molecular weight excluding hydrogens is 230 g/mol. The summed E-state index contributed by atoms with van der Waals surface area (Å²) in [5, 5.41) is 10.5. The van der Waals surface area contributed by atoms with Crippen molar-refractivity contribution in [3.8, 4) is 0 Å². The third kappa shape index (κ3) is 2.69. The molecule has 92 valence electrons. The number of hydrogen-bond acceptors (Lipinski definition) is 3. The predicted molar refractivity (Wildman–Crippen MR) is 59.5 cm³/mol. The first-order valence-corrected chi connectivity index (χ1v) is 5.35. The summed E-state index contributed by atoms with van der Waals surface area (Å²) in [5.74, 6) is -2.57. The highest BCUT2D eigenvalue weighted by Gasteiger charge is 2.34. The van der Waals surface area contributed by atoms with E-state index in [1.165, 1.54) is 12.1 Å². The van der Waals surface area contributed by atoms with Gasteiger partial charge in [0, 0.05) is 43.8 Å². The maximum Gasteiger partial charge on any atom is 0.269 e. The number of alkyl halides is 2. The number of non-ortho nitro benzene ring substituents is 1. The van der Waals surface area contributed by atoms with Crippen LogP contribution in [0.4, 0.5) is 20.2 Å². The summed E-state index contributed by atoms with van der Waals surface area (Å²) >= 11 is 0. The summed E-state index contributed by atoms with van der Waals surface area (Å²) in [6, 6.07) is 5.98. The zero-order valence-electron chi connectivity index (χ0n) is 9.10. The summed E-state index contributed by atoms with van der Waals surface area (Å²) in [6.07, 6.45) is -0.325. The van der Waals surface area contributed by atoms with Crippen molar-refractivity contribution in [3.05, 3.63) is 34.4 Å². The van der Waals surface area contributed by atoms with Gasteiger partial charge in [-0.3, -0.25) is 10.1 Å². The predicted octanol–water partition coefficient (Wildman–Crippen LogP) is 2.83. The summed E-state index contributed by atoms with van der Waals surface area (Å²) in [5.41, 5.74) is 0.766. The topological polar surface area (TPSA) is 46.4 Å². The van der Waals surface area contributed by atoms with E-state index in [1.54, 1.807) is 12.1 Å². The summed E-state index contributed by atoms with van der Waals surface area (Å²) < 4.78 is 25.9. The van der Waals surface area contributed by atoms with Gasteiger partial charge in [-0.2, -0.15) is 0 Å². The highest BCUT2D eigenvalue weighted by Crippen LogP contribution is 2.30. The second kappa shape index (κ2) is 4.27. The van der Waals surface area contributed by atoms with Gasteiger partial charge >= 0.3 is 0 Å². The second-order valence-corrected chi connectivity index (χ2v) is 4.12. The Labute approximate surface area is 97.0 Å². The molecule has 1 fully saturated rings.